The summed E-state index contributed by atoms with van der Waals surface area (Å²) in [5.74, 6) is -0.421. The van der Waals surface area contributed by atoms with Gasteiger partial charge < -0.3 is 14.6 Å². The first kappa shape index (κ1) is 24.3. The zero-order valence-electron chi connectivity index (χ0n) is 18.1. The Kier molecular flexibility index (Phi) is 7.42. The van der Waals surface area contributed by atoms with Crippen molar-refractivity contribution in [3.05, 3.63) is 75.5 Å². The van der Waals surface area contributed by atoms with E-state index in [1.54, 1.807) is 0 Å². The average Bonchev–Trinajstić information content (AvgIpc) is 2.72. The van der Waals surface area contributed by atoms with E-state index in [0.29, 0.717) is 10.9 Å². The molecule has 3 aromatic rings. The second-order valence-corrected chi connectivity index (χ2v) is 8.08. The highest BCUT2D eigenvalue weighted by Gasteiger charge is 2.33. The maximum Gasteiger partial charge on any atom is 0.418 e. The third kappa shape index (κ3) is 6.35. The van der Waals surface area contributed by atoms with Crippen molar-refractivity contribution in [2.45, 2.75) is 37.5 Å². The predicted molar refractivity (Wildman–Crippen MR) is 118 cm³/mol. The average molecular weight is 478 g/mol. The largest absolute Gasteiger partial charge is 0.491 e. The molecule has 3 rings (SSSR count). The molecule has 2 heterocycles. The van der Waals surface area contributed by atoms with E-state index in [0.717, 1.165) is 17.5 Å². The fourth-order valence-corrected chi connectivity index (χ4v) is 4.04. The van der Waals surface area contributed by atoms with Gasteiger partial charge in [-0.05, 0) is 32.0 Å². The summed E-state index contributed by atoms with van der Waals surface area (Å²) in [6.07, 6.45) is -3.26. The molecule has 0 atom stereocenters. The minimum Gasteiger partial charge on any atom is -0.491 e. The second kappa shape index (κ2) is 10.1. The molecule has 0 aliphatic carbocycles. The number of thioether (sulfide) groups is 1. The normalized spacial score (nSPS) is 11.3. The number of nitrogens with zero attached hydrogens (tertiary/aromatic N) is 3. The van der Waals surface area contributed by atoms with Gasteiger partial charge in [-0.15, -0.1) is 0 Å². The maximum atomic E-state index is 13.2. The van der Waals surface area contributed by atoms with Crippen LogP contribution in [0.15, 0.2) is 52.5 Å². The van der Waals surface area contributed by atoms with Crippen LogP contribution in [0.2, 0.25) is 0 Å². The van der Waals surface area contributed by atoms with Crippen molar-refractivity contribution in [3.63, 3.8) is 0 Å². The number of hydrogen-bond acceptors (Lipinski definition) is 6. The van der Waals surface area contributed by atoms with Crippen molar-refractivity contribution in [1.29, 1.82) is 0 Å². The van der Waals surface area contributed by atoms with Crippen LogP contribution >= 0.6 is 11.8 Å². The minimum absolute atomic E-state index is 0.00916. The van der Waals surface area contributed by atoms with Gasteiger partial charge in [-0.3, -0.25) is 9.59 Å². The number of halogens is 3. The third-order valence-corrected chi connectivity index (χ3v) is 5.41. The summed E-state index contributed by atoms with van der Waals surface area (Å²) in [4.78, 5) is 33.6. The lowest BCUT2D eigenvalue weighted by molar-refractivity contribution is -0.137. The summed E-state index contributed by atoms with van der Waals surface area (Å²) < 4.78 is 46.2. The van der Waals surface area contributed by atoms with Crippen LogP contribution in [-0.2, 0) is 23.3 Å². The second-order valence-electron chi connectivity index (χ2n) is 7.14. The molecule has 11 heteroatoms. The van der Waals surface area contributed by atoms with E-state index in [4.69, 9.17) is 4.74 Å². The molecule has 0 spiro atoms. The monoisotopic (exact) mass is 478 g/mol. The lowest BCUT2D eigenvalue weighted by Gasteiger charge is -2.16. The van der Waals surface area contributed by atoms with E-state index in [2.05, 4.69) is 15.3 Å². The molecule has 174 valence electrons. The zero-order chi connectivity index (χ0) is 24.2. The number of pyridine rings is 1. The van der Waals surface area contributed by atoms with E-state index in [1.165, 1.54) is 53.9 Å². The number of methoxy groups -OCH3 is 1. The molecule has 0 saturated carbocycles. The molecule has 1 amide bonds. The van der Waals surface area contributed by atoms with E-state index in [9.17, 15) is 22.8 Å². The van der Waals surface area contributed by atoms with Gasteiger partial charge >= 0.3 is 6.18 Å². The number of ether oxygens (including phenoxy) is 1. The first-order valence-corrected chi connectivity index (χ1v) is 10.7. The van der Waals surface area contributed by atoms with Gasteiger partial charge in [0.05, 0.1) is 24.6 Å². The van der Waals surface area contributed by atoms with Crippen LogP contribution in [0.5, 0.6) is 5.75 Å². The minimum atomic E-state index is -4.61. The lowest BCUT2D eigenvalue weighted by Crippen LogP contribution is -2.24. The molecule has 7 nitrogen and oxygen atoms in total. The van der Waals surface area contributed by atoms with Gasteiger partial charge in [-0.25, -0.2) is 9.97 Å². The van der Waals surface area contributed by atoms with Crippen LogP contribution in [0, 0.1) is 13.8 Å². The Morgan fingerprint density at radius 3 is 2.45 bits per heavy atom. The van der Waals surface area contributed by atoms with Crippen molar-refractivity contribution in [2.24, 2.45) is 0 Å². The van der Waals surface area contributed by atoms with Gasteiger partial charge in [-0.1, -0.05) is 23.9 Å². The number of rotatable bonds is 7. The topological polar surface area (TPSA) is 86.1 Å². The number of aromatic nitrogens is 3. The Labute approximate surface area is 192 Å². The molecule has 1 N–H and O–H groups in total. The molecule has 0 saturated heterocycles. The predicted octanol–water partition coefficient (Wildman–Crippen LogP) is 4.21. The van der Waals surface area contributed by atoms with Gasteiger partial charge in [0.25, 0.3) is 0 Å². The van der Waals surface area contributed by atoms with Gasteiger partial charge in [0.2, 0.25) is 11.3 Å². The number of carbonyl (C=O) groups is 1. The fourth-order valence-electron chi connectivity index (χ4n) is 3.10. The number of hydrogen-bond donors (Lipinski definition) is 1. The van der Waals surface area contributed by atoms with Crippen LogP contribution < -0.4 is 15.5 Å². The molecular formula is C22H21F3N4O3S. The number of para-hydroxylation sites is 1. The summed E-state index contributed by atoms with van der Waals surface area (Å²) in [5.41, 5.74) is 0.377. The van der Waals surface area contributed by atoms with Gasteiger partial charge in [0.15, 0.2) is 10.9 Å². The van der Waals surface area contributed by atoms with Gasteiger partial charge in [0, 0.05) is 28.9 Å². The number of amides is 1. The van der Waals surface area contributed by atoms with Crippen LogP contribution in [-0.4, -0.2) is 27.6 Å². The molecule has 2 aromatic heterocycles. The molecule has 0 aliphatic heterocycles. The van der Waals surface area contributed by atoms with E-state index >= 15 is 0 Å². The van der Waals surface area contributed by atoms with Crippen molar-refractivity contribution >= 4 is 23.4 Å². The number of aryl methyl sites for hydroxylation is 2. The Bertz CT molecular complexity index is 1210. The summed E-state index contributed by atoms with van der Waals surface area (Å²) in [5, 5.41) is 2.81. The first-order valence-electron chi connectivity index (χ1n) is 9.75. The SMILES string of the molecule is COc1cn(CC(=O)Nc2ccccc2C(F)(F)F)c(CSc2nc(C)cc(C)n2)cc1=O. The molecule has 0 radical (unpaired) electrons. The summed E-state index contributed by atoms with van der Waals surface area (Å²) in [7, 11) is 1.32. The van der Waals surface area contributed by atoms with Crippen LogP contribution in [0.4, 0.5) is 18.9 Å². The third-order valence-electron chi connectivity index (χ3n) is 4.53. The van der Waals surface area contributed by atoms with E-state index < -0.39 is 17.6 Å². The number of carbonyl (C=O) groups excluding carboxylic acids is 1. The number of anilines is 1. The number of nitrogens with one attached hydrogen (secondary N) is 1. The molecule has 0 aliphatic rings. The van der Waals surface area contributed by atoms with Crippen LogP contribution in [0.3, 0.4) is 0 Å². The summed E-state index contributed by atoms with van der Waals surface area (Å²) in [6, 6.07) is 7.88. The quantitative estimate of drug-likeness (QED) is 0.404. The highest BCUT2D eigenvalue weighted by molar-refractivity contribution is 7.98. The molecule has 0 unspecified atom stereocenters. The van der Waals surface area contributed by atoms with E-state index in [1.807, 2.05) is 19.9 Å². The highest BCUT2D eigenvalue weighted by atomic mass is 32.2. The molecule has 0 fully saturated rings. The fraction of sp³-hybridized carbons (Fsp3) is 0.273. The molecule has 1 aromatic carbocycles. The van der Waals surface area contributed by atoms with Crippen molar-refractivity contribution in [3.8, 4) is 5.75 Å². The molecular weight excluding hydrogens is 457 g/mol. The van der Waals surface area contributed by atoms with Crippen molar-refractivity contribution in [1.82, 2.24) is 14.5 Å². The Hall–Kier alpha value is -3.34. The molecule has 0 bridgehead atoms. The lowest BCUT2D eigenvalue weighted by atomic mass is 10.1. The van der Waals surface area contributed by atoms with Crippen molar-refractivity contribution < 1.29 is 22.7 Å². The smallest absolute Gasteiger partial charge is 0.418 e. The van der Waals surface area contributed by atoms with Gasteiger partial charge in [-0.2, -0.15) is 13.2 Å². The van der Waals surface area contributed by atoms with Crippen LogP contribution in [0.25, 0.3) is 0 Å². The van der Waals surface area contributed by atoms with E-state index in [-0.39, 0.29) is 29.2 Å². The summed E-state index contributed by atoms with van der Waals surface area (Å²) in [6.45, 7) is 3.35. The number of alkyl halides is 3. The molecule has 33 heavy (non-hydrogen) atoms. The maximum absolute atomic E-state index is 13.2. The Morgan fingerprint density at radius 1 is 1.15 bits per heavy atom. The van der Waals surface area contributed by atoms with Crippen molar-refractivity contribution in [2.75, 3.05) is 12.4 Å². The highest BCUT2D eigenvalue weighted by Crippen LogP contribution is 2.34. The Morgan fingerprint density at radius 2 is 1.82 bits per heavy atom. The standard InChI is InChI=1S/C22H21F3N4O3S/c1-13-8-14(2)27-21(26-13)33-12-15-9-18(30)19(32-3)10-29(15)11-20(31)28-17-7-5-4-6-16(17)22(23,24)25/h4-10H,11-12H2,1-3H3,(H,28,31). The zero-order valence-corrected chi connectivity index (χ0v) is 18.9. The summed E-state index contributed by atoms with van der Waals surface area (Å²) >= 11 is 1.27. The van der Waals surface area contributed by atoms with Gasteiger partial charge in [0.1, 0.15) is 6.54 Å². The first-order chi connectivity index (χ1) is 15.6. The Balaban J connectivity index is 1.84. The number of benzene rings is 1. The van der Waals surface area contributed by atoms with Crippen LogP contribution in [0.1, 0.15) is 22.6 Å².